The molecule has 178 valence electrons. The second-order valence-electron chi connectivity index (χ2n) is 9.08. The van der Waals surface area contributed by atoms with Gasteiger partial charge >= 0.3 is 6.09 Å². The van der Waals surface area contributed by atoms with E-state index in [1.807, 2.05) is 39.0 Å². The van der Waals surface area contributed by atoms with Crippen LogP contribution in [0.15, 0.2) is 30.9 Å². The highest BCUT2D eigenvalue weighted by molar-refractivity contribution is 5.91. The summed E-state index contributed by atoms with van der Waals surface area (Å²) in [6, 6.07) is 4.84. The Labute approximate surface area is 192 Å². The lowest BCUT2D eigenvalue weighted by atomic mass is 9.95. The Bertz CT molecular complexity index is 814. The lowest BCUT2D eigenvalue weighted by Crippen LogP contribution is -2.49. The van der Waals surface area contributed by atoms with Crippen molar-refractivity contribution >= 4 is 17.9 Å². The third kappa shape index (κ3) is 8.36. The molecule has 1 rings (SSSR count). The molecule has 0 spiro atoms. The van der Waals surface area contributed by atoms with Crippen LogP contribution < -0.4 is 10.6 Å². The number of rotatable bonds is 10. The number of ether oxygens (including phenoxy) is 1. The molecule has 7 heteroatoms. The Morgan fingerprint density at radius 3 is 2.44 bits per heavy atom. The summed E-state index contributed by atoms with van der Waals surface area (Å²) in [7, 11) is 0. The number of carbonyl (C=O) groups is 3. The molecule has 1 aromatic carbocycles. The van der Waals surface area contributed by atoms with E-state index < -0.39 is 23.6 Å². The maximum Gasteiger partial charge on any atom is 0.408 e. The molecule has 0 heterocycles. The van der Waals surface area contributed by atoms with E-state index in [4.69, 9.17) is 4.74 Å². The molecular weight excluding hydrogens is 406 g/mol. The van der Waals surface area contributed by atoms with Crippen LogP contribution in [0.5, 0.6) is 0 Å². The van der Waals surface area contributed by atoms with Crippen molar-refractivity contribution in [1.82, 2.24) is 15.5 Å². The maximum atomic E-state index is 13.4. The number of amides is 3. The van der Waals surface area contributed by atoms with Crippen LogP contribution in [-0.4, -0.2) is 47.5 Å². The first-order valence-electron chi connectivity index (χ1n) is 11.1. The number of nitrogens with one attached hydrogen (secondary N) is 2. The highest BCUT2D eigenvalue weighted by Gasteiger charge is 2.33. The number of aryl methyl sites for hydroxylation is 1. The summed E-state index contributed by atoms with van der Waals surface area (Å²) in [5, 5.41) is 5.53. The van der Waals surface area contributed by atoms with Gasteiger partial charge in [-0.05, 0) is 64.7 Å². The van der Waals surface area contributed by atoms with Crippen LogP contribution in [0.25, 0.3) is 0 Å². The number of benzene rings is 1. The highest BCUT2D eigenvalue weighted by Crippen LogP contribution is 2.27. The summed E-state index contributed by atoms with van der Waals surface area (Å²) in [6.45, 7) is 16.8. The summed E-state index contributed by atoms with van der Waals surface area (Å²) in [5.41, 5.74) is 2.04. The molecule has 0 bridgehead atoms. The SMILES string of the molecule is C=CCN(C(=O)CNC(=O)OC(C)(C)C)C(C(=O)NC(C)CCC)c1cccc(C)c1C. The van der Waals surface area contributed by atoms with E-state index in [9.17, 15) is 14.4 Å². The quantitative estimate of drug-likeness (QED) is 0.529. The molecule has 2 N–H and O–H groups in total. The average Bonchev–Trinajstić information content (AvgIpc) is 2.67. The Morgan fingerprint density at radius 1 is 1.22 bits per heavy atom. The summed E-state index contributed by atoms with van der Waals surface area (Å²) >= 11 is 0. The normalized spacial score (nSPS) is 13.0. The molecule has 0 saturated carbocycles. The first kappa shape index (κ1) is 27.2. The first-order valence-corrected chi connectivity index (χ1v) is 11.1. The molecule has 0 aliphatic rings. The molecule has 2 atom stereocenters. The van der Waals surface area contributed by atoms with E-state index in [-0.39, 0.29) is 25.0 Å². The van der Waals surface area contributed by atoms with Crippen LogP contribution in [0, 0.1) is 13.8 Å². The minimum absolute atomic E-state index is 0.0271. The van der Waals surface area contributed by atoms with E-state index in [0.29, 0.717) is 0 Å². The van der Waals surface area contributed by atoms with E-state index in [0.717, 1.165) is 29.5 Å². The van der Waals surface area contributed by atoms with Gasteiger partial charge in [-0.3, -0.25) is 9.59 Å². The average molecular weight is 446 g/mol. The molecule has 0 fully saturated rings. The molecule has 32 heavy (non-hydrogen) atoms. The van der Waals surface area contributed by atoms with E-state index in [1.165, 1.54) is 4.90 Å². The number of hydrogen-bond acceptors (Lipinski definition) is 4. The van der Waals surface area contributed by atoms with Crippen LogP contribution in [0.3, 0.4) is 0 Å². The minimum Gasteiger partial charge on any atom is -0.444 e. The molecule has 7 nitrogen and oxygen atoms in total. The summed E-state index contributed by atoms with van der Waals surface area (Å²) in [6.07, 6.45) is 2.66. The van der Waals surface area contributed by atoms with Gasteiger partial charge in [-0.15, -0.1) is 6.58 Å². The largest absolute Gasteiger partial charge is 0.444 e. The molecule has 1 aromatic rings. The second kappa shape index (κ2) is 12.3. The fourth-order valence-corrected chi connectivity index (χ4v) is 3.40. The molecule has 0 radical (unpaired) electrons. The van der Waals surface area contributed by atoms with Gasteiger partial charge in [0.05, 0.1) is 0 Å². The lowest BCUT2D eigenvalue weighted by molar-refractivity contribution is -0.139. The van der Waals surface area contributed by atoms with Crippen molar-refractivity contribution in [3.8, 4) is 0 Å². The van der Waals surface area contributed by atoms with Gasteiger partial charge < -0.3 is 20.3 Å². The zero-order valence-corrected chi connectivity index (χ0v) is 20.6. The Hall–Kier alpha value is -2.83. The van der Waals surface area contributed by atoms with Crippen molar-refractivity contribution in [3.63, 3.8) is 0 Å². The minimum atomic E-state index is -0.847. The van der Waals surface area contributed by atoms with Crippen molar-refractivity contribution in [2.24, 2.45) is 0 Å². The van der Waals surface area contributed by atoms with Crippen LogP contribution in [0.1, 0.15) is 70.2 Å². The summed E-state index contributed by atoms with van der Waals surface area (Å²) in [5.74, 6) is -0.660. The molecule has 0 saturated heterocycles. The first-order chi connectivity index (χ1) is 14.9. The molecule has 0 aliphatic heterocycles. The predicted octanol–water partition coefficient (Wildman–Crippen LogP) is 4.19. The highest BCUT2D eigenvalue weighted by atomic mass is 16.6. The van der Waals surface area contributed by atoms with Crippen LogP contribution in [0.2, 0.25) is 0 Å². The van der Waals surface area contributed by atoms with Gasteiger partial charge in [0.15, 0.2) is 0 Å². The summed E-state index contributed by atoms with van der Waals surface area (Å²) < 4.78 is 5.21. The predicted molar refractivity (Wildman–Crippen MR) is 127 cm³/mol. The zero-order chi connectivity index (χ0) is 24.5. The van der Waals surface area contributed by atoms with Crippen LogP contribution >= 0.6 is 0 Å². The fourth-order valence-electron chi connectivity index (χ4n) is 3.40. The Morgan fingerprint density at radius 2 is 1.88 bits per heavy atom. The van der Waals surface area contributed by atoms with Crippen molar-refractivity contribution in [2.75, 3.05) is 13.1 Å². The van der Waals surface area contributed by atoms with Crippen molar-refractivity contribution in [2.45, 2.75) is 79.0 Å². The molecule has 0 aliphatic carbocycles. The Kier molecular flexibility index (Phi) is 10.4. The third-order valence-electron chi connectivity index (χ3n) is 5.04. The topological polar surface area (TPSA) is 87.7 Å². The molecular formula is C25H39N3O4. The molecule has 2 unspecified atom stereocenters. The number of alkyl carbamates (subject to hydrolysis) is 1. The van der Waals surface area contributed by atoms with Gasteiger partial charge in [0.1, 0.15) is 18.2 Å². The van der Waals surface area contributed by atoms with E-state index in [1.54, 1.807) is 26.8 Å². The Balaban J connectivity index is 3.24. The van der Waals surface area contributed by atoms with Crippen LogP contribution in [0.4, 0.5) is 4.79 Å². The fraction of sp³-hybridized carbons (Fsp3) is 0.560. The van der Waals surface area contributed by atoms with Gasteiger partial charge in [0.2, 0.25) is 11.8 Å². The standard InChI is InChI=1S/C25H39N3O4/c1-9-12-18(4)27-23(30)22(20-14-11-13-17(3)19(20)5)28(15-10-2)21(29)16-26-24(31)32-25(6,7)8/h10-11,13-14,18,22H,2,9,12,15-16H2,1,3-8H3,(H,26,31)(H,27,30). The molecule has 3 amide bonds. The smallest absolute Gasteiger partial charge is 0.408 e. The lowest BCUT2D eigenvalue weighted by Gasteiger charge is -2.33. The van der Waals surface area contributed by atoms with E-state index in [2.05, 4.69) is 24.1 Å². The zero-order valence-electron chi connectivity index (χ0n) is 20.6. The number of carbonyl (C=O) groups excluding carboxylic acids is 3. The van der Waals surface area contributed by atoms with Crippen LogP contribution in [-0.2, 0) is 14.3 Å². The number of nitrogens with zero attached hydrogens (tertiary/aromatic N) is 1. The maximum absolute atomic E-state index is 13.4. The number of hydrogen-bond donors (Lipinski definition) is 2. The van der Waals surface area contributed by atoms with Crippen molar-refractivity contribution in [3.05, 3.63) is 47.5 Å². The van der Waals surface area contributed by atoms with Crippen molar-refractivity contribution in [1.29, 1.82) is 0 Å². The monoisotopic (exact) mass is 445 g/mol. The molecule has 0 aromatic heterocycles. The van der Waals surface area contributed by atoms with Gasteiger partial charge in [-0.2, -0.15) is 0 Å². The van der Waals surface area contributed by atoms with Gasteiger partial charge in [0, 0.05) is 12.6 Å². The van der Waals surface area contributed by atoms with Crippen molar-refractivity contribution < 1.29 is 19.1 Å². The van der Waals surface area contributed by atoms with Gasteiger partial charge in [-0.25, -0.2) is 4.79 Å². The second-order valence-corrected chi connectivity index (χ2v) is 9.08. The van der Waals surface area contributed by atoms with E-state index >= 15 is 0 Å². The van der Waals surface area contributed by atoms with Gasteiger partial charge in [-0.1, -0.05) is 37.6 Å². The van der Waals surface area contributed by atoms with Gasteiger partial charge in [0.25, 0.3) is 0 Å². The summed E-state index contributed by atoms with van der Waals surface area (Å²) in [4.78, 5) is 40.0. The third-order valence-corrected chi connectivity index (χ3v) is 5.04.